The first-order chi connectivity index (χ1) is 15.9. The molecule has 0 unspecified atom stereocenters. The Bertz CT molecular complexity index is 1030. The molecule has 0 aliphatic carbocycles. The summed E-state index contributed by atoms with van der Waals surface area (Å²) in [5, 5.41) is 0. The maximum atomic E-state index is 12.8. The molecular weight excluding hydrogens is 438 g/mol. The minimum atomic E-state index is -3.45. The maximum Gasteiger partial charge on any atom is 0.243 e. The van der Waals surface area contributed by atoms with Crippen LogP contribution >= 0.6 is 0 Å². The van der Waals surface area contributed by atoms with Gasteiger partial charge in [0.2, 0.25) is 15.9 Å². The number of sulfonamides is 1. The molecule has 33 heavy (non-hydrogen) atoms. The van der Waals surface area contributed by atoms with Crippen LogP contribution < -0.4 is 4.90 Å². The number of hydrogen-bond acceptors (Lipinski definition) is 5. The Morgan fingerprint density at radius 3 is 2.12 bits per heavy atom. The molecule has 0 N–H and O–H groups in total. The number of amides is 1. The fourth-order valence-electron chi connectivity index (χ4n) is 4.34. The zero-order valence-corrected chi connectivity index (χ0v) is 20.1. The molecule has 2 aliphatic rings. The van der Waals surface area contributed by atoms with Crippen molar-refractivity contribution in [1.29, 1.82) is 0 Å². The molecule has 2 fully saturated rings. The first-order valence-corrected chi connectivity index (χ1v) is 13.1. The van der Waals surface area contributed by atoms with Crippen LogP contribution in [-0.4, -0.2) is 70.0 Å². The SMILES string of the molecule is CN(Cc1ccc(N2CCOCC2)cc1)C(=O)Cc1ccc(S(=O)(=O)N2CCCCC2)cc1. The molecule has 2 aromatic carbocycles. The van der Waals surface area contributed by atoms with Gasteiger partial charge >= 0.3 is 0 Å². The minimum Gasteiger partial charge on any atom is -0.378 e. The largest absolute Gasteiger partial charge is 0.378 e. The van der Waals surface area contributed by atoms with E-state index in [1.165, 1.54) is 5.69 Å². The van der Waals surface area contributed by atoms with Crippen molar-refractivity contribution in [3.8, 4) is 0 Å². The van der Waals surface area contributed by atoms with E-state index in [4.69, 9.17) is 4.74 Å². The van der Waals surface area contributed by atoms with Crippen molar-refractivity contribution in [3.63, 3.8) is 0 Å². The number of anilines is 1. The summed E-state index contributed by atoms with van der Waals surface area (Å²) in [5.41, 5.74) is 3.06. The number of carbonyl (C=O) groups is 1. The molecule has 1 amide bonds. The zero-order valence-electron chi connectivity index (χ0n) is 19.3. The monoisotopic (exact) mass is 471 g/mol. The molecule has 0 saturated carbocycles. The average Bonchev–Trinajstić information content (AvgIpc) is 2.86. The van der Waals surface area contributed by atoms with Gasteiger partial charge in [0, 0.05) is 45.5 Å². The molecule has 0 bridgehead atoms. The van der Waals surface area contributed by atoms with Gasteiger partial charge in [-0.05, 0) is 48.2 Å². The van der Waals surface area contributed by atoms with Crippen LogP contribution in [0.5, 0.6) is 0 Å². The zero-order chi connectivity index (χ0) is 23.3. The second-order valence-electron chi connectivity index (χ2n) is 8.80. The van der Waals surface area contributed by atoms with E-state index in [0.717, 1.165) is 56.7 Å². The van der Waals surface area contributed by atoms with Gasteiger partial charge in [0.1, 0.15) is 0 Å². The second kappa shape index (κ2) is 10.7. The van der Waals surface area contributed by atoms with Crippen LogP contribution in [0.25, 0.3) is 0 Å². The van der Waals surface area contributed by atoms with Gasteiger partial charge in [0.05, 0.1) is 24.5 Å². The lowest BCUT2D eigenvalue weighted by atomic mass is 10.1. The summed E-state index contributed by atoms with van der Waals surface area (Å²) in [6.07, 6.45) is 3.15. The smallest absolute Gasteiger partial charge is 0.243 e. The first kappa shape index (κ1) is 23.7. The number of rotatable bonds is 7. The summed E-state index contributed by atoms with van der Waals surface area (Å²) in [4.78, 5) is 17.1. The Hall–Kier alpha value is -2.42. The Kier molecular flexibility index (Phi) is 7.67. The summed E-state index contributed by atoms with van der Waals surface area (Å²) in [6.45, 7) is 5.01. The molecule has 2 aromatic rings. The normalized spacial score (nSPS) is 17.7. The fraction of sp³-hybridized carbons (Fsp3) is 0.480. The molecular formula is C25H33N3O4S. The summed E-state index contributed by atoms with van der Waals surface area (Å²) in [5.74, 6) is -0.00102. The second-order valence-corrected chi connectivity index (χ2v) is 10.7. The summed E-state index contributed by atoms with van der Waals surface area (Å²) < 4.78 is 32.6. The first-order valence-electron chi connectivity index (χ1n) is 11.7. The predicted molar refractivity (Wildman–Crippen MR) is 129 cm³/mol. The standard InChI is InChI=1S/C25H33N3O4S/c1-26(20-22-5-9-23(10-6-22)27-15-17-32-18-16-27)25(29)19-21-7-11-24(12-8-21)33(30,31)28-13-3-2-4-14-28/h5-12H,2-4,13-20H2,1H3. The van der Waals surface area contributed by atoms with Crippen LogP contribution in [0.4, 0.5) is 5.69 Å². The van der Waals surface area contributed by atoms with Crippen molar-refractivity contribution < 1.29 is 17.9 Å². The third kappa shape index (κ3) is 5.93. The Morgan fingerprint density at radius 1 is 0.879 bits per heavy atom. The third-order valence-corrected chi connectivity index (χ3v) is 8.30. The summed E-state index contributed by atoms with van der Waals surface area (Å²) in [6, 6.07) is 15.1. The van der Waals surface area contributed by atoms with Crippen molar-refractivity contribution in [2.45, 2.75) is 37.1 Å². The number of likely N-dealkylation sites (N-methyl/N-ethyl adjacent to an activating group) is 1. The molecule has 0 radical (unpaired) electrons. The van der Waals surface area contributed by atoms with E-state index in [1.807, 2.05) is 0 Å². The Labute approximate surface area is 197 Å². The van der Waals surface area contributed by atoms with Gasteiger partial charge in [-0.25, -0.2) is 8.42 Å². The molecule has 7 nitrogen and oxygen atoms in total. The van der Waals surface area contributed by atoms with Crippen molar-refractivity contribution in [2.24, 2.45) is 0 Å². The molecule has 2 heterocycles. The summed E-state index contributed by atoms with van der Waals surface area (Å²) >= 11 is 0. The molecule has 4 rings (SSSR count). The van der Waals surface area contributed by atoms with Gasteiger partial charge in [-0.3, -0.25) is 4.79 Å². The molecule has 8 heteroatoms. The number of morpholine rings is 1. The number of ether oxygens (including phenoxy) is 1. The van der Waals surface area contributed by atoms with Crippen LogP contribution in [0.1, 0.15) is 30.4 Å². The highest BCUT2D eigenvalue weighted by atomic mass is 32.2. The van der Waals surface area contributed by atoms with Crippen molar-refractivity contribution in [1.82, 2.24) is 9.21 Å². The van der Waals surface area contributed by atoms with Gasteiger partial charge in [-0.2, -0.15) is 4.31 Å². The van der Waals surface area contributed by atoms with E-state index in [1.54, 1.807) is 40.5 Å². The summed E-state index contributed by atoms with van der Waals surface area (Å²) in [7, 11) is -1.65. The van der Waals surface area contributed by atoms with Gasteiger partial charge in [0.15, 0.2) is 0 Å². The van der Waals surface area contributed by atoms with E-state index in [2.05, 4.69) is 29.2 Å². The van der Waals surface area contributed by atoms with Crippen LogP contribution in [0.15, 0.2) is 53.4 Å². The van der Waals surface area contributed by atoms with E-state index in [-0.39, 0.29) is 12.3 Å². The van der Waals surface area contributed by atoms with Crippen molar-refractivity contribution >= 4 is 21.6 Å². The number of benzene rings is 2. The topological polar surface area (TPSA) is 70.2 Å². The molecule has 0 atom stereocenters. The van der Waals surface area contributed by atoms with E-state index in [0.29, 0.717) is 24.5 Å². The predicted octanol–water partition coefficient (Wildman–Crippen LogP) is 2.90. The highest BCUT2D eigenvalue weighted by Gasteiger charge is 2.25. The minimum absolute atomic E-state index is 0.00102. The molecule has 2 aliphatic heterocycles. The Morgan fingerprint density at radius 2 is 1.48 bits per heavy atom. The number of piperidine rings is 1. The van der Waals surface area contributed by atoms with Gasteiger partial charge < -0.3 is 14.5 Å². The lowest BCUT2D eigenvalue weighted by molar-refractivity contribution is -0.129. The lowest BCUT2D eigenvalue weighted by Crippen LogP contribution is -2.36. The average molecular weight is 472 g/mol. The highest BCUT2D eigenvalue weighted by Crippen LogP contribution is 2.21. The highest BCUT2D eigenvalue weighted by molar-refractivity contribution is 7.89. The van der Waals surface area contributed by atoms with Crippen LogP contribution in [-0.2, 0) is 32.5 Å². The number of hydrogen-bond donors (Lipinski definition) is 0. The quantitative estimate of drug-likeness (QED) is 0.621. The maximum absolute atomic E-state index is 12.8. The molecule has 0 spiro atoms. The van der Waals surface area contributed by atoms with Gasteiger partial charge in [-0.1, -0.05) is 30.7 Å². The van der Waals surface area contributed by atoms with Crippen molar-refractivity contribution in [2.75, 3.05) is 51.3 Å². The lowest BCUT2D eigenvalue weighted by Gasteiger charge is -2.29. The van der Waals surface area contributed by atoms with Crippen LogP contribution in [0, 0.1) is 0 Å². The molecule has 2 saturated heterocycles. The molecule has 178 valence electrons. The van der Waals surface area contributed by atoms with E-state index < -0.39 is 10.0 Å². The Balaban J connectivity index is 1.32. The van der Waals surface area contributed by atoms with Crippen molar-refractivity contribution in [3.05, 3.63) is 59.7 Å². The van der Waals surface area contributed by atoms with Crippen LogP contribution in [0.2, 0.25) is 0 Å². The number of nitrogens with zero attached hydrogens (tertiary/aromatic N) is 3. The molecule has 0 aromatic heterocycles. The van der Waals surface area contributed by atoms with Gasteiger partial charge in [0.25, 0.3) is 0 Å². The fourth-order valence-corrected chi connectivity index (χ4v) is 5.86. The van der Waals surface area contributed by atoms with Gasteiger partial charge in [-0.15, -0.1) is 0 Å². The van der Waals surface area contributed by atoms with Crippen LogP contribution in [0.3, 0.4) is 0 Å². The third-order valence-electron chi connectivity index (χ3n) is 6.39. The van der Waals surface area contributed by atoms with E-state index in [9.17, 15) is 13.2 Å². The van der Waals surface area contributed by atoms with E-state index >= 15 is 0 Å². The number of carbonyl (C=O) groups excluding carboxylic acids is 1.